The van der Waals surface area contributed by atoms with Crippen LogP contribution in [0.15, 0.2) is 18.2 Å². The molecule has 0 bridgehead atoms. The summed E-state index contributed by atoms with van der Waals surface area (Å²) in [4.78, 5) is 0. The first-order valence-corrected chi connectivity index (χ1v) is 8.01. The Morgan fingerprint density at radius 2 is 2.23 bits per heavy atom. The molecule has 22 heavy (non-hydrogen) atoms. The molecular weight excluding hydrogens is 303 g/mol. The molecule has 1 aliphatic rings. The summed E-state index contributed by atoms with van der Waals surface area (Å²) in [5.41, 5.74) is 0.903. The van der Waals surface area contributed by atoms with Crippen molar-refractivity contribution < 1.29 is 4.39 Å². The van der Waals surface area contributed by atoms with Gasteiger partial charge in [-0.25, -0.2) is 4.39 Å². The minimum atomic E-state index is -0.368. The largest absolute Gasteiger partial charge is 0.313 e. The number of benzene rings is 1. The number of hydrogen-bond donors (Lipinski definition) is 1. The highest BCUT2D eigenvalue weighted by molar-refractivity contribution is 6.30. The fourth-order valence-electron chi connectivity index (χ4n) is 2.85. The Balaban J connectivity index is 1.65. The maximum absolute atomic E-state index is 13.5. The highest BCUT2D eigenvalue weighted by Gasteiger charge is 2.23. The summed E-state index contributed by atoms with van der Waals surface area (Å²) in [6.45, 7) is 5.76. The zero-order chi connectivity index (χ0) is 15.7. The molecule has 0 radical (unpaired) electrons. The summed E-state index contributed by atoms with van der Waals surface area (Å²) in [6.07, 6.45) is 1.94. The second-order valence-electron chi connectivity index (χ2n) is 6.10. The van der Waals surface area contributed by atoms with Gasteiger partial charge in [-0.1, -0.05) is 31.5 Å². The molecule has 2 heterocycles. The molecule has 2 aromatic rings. The molecule has 1 aromatic heterocycles. The van der Waals surface area contributed by atoms with Gasteiger partial charge in [0, 0.05) is 31.5 Å². The van der Waals surface area contributed by atoms with Crippen molar-refractivity contribution in [3.8, 4) is 0 Å². The van der Waals surface area contributed by atoms with E-state index >= 15 is 0 Å². The third kappa shape index (κ3) is 3.15. The van der Waals surface area contributed by atoms with Gasteiger partial charge in [-0.15, -0.1) is 10.2 Å². The van der Waals surface area contributed by atoms with Crippen LogP contribution in [0.2, 0.25) is 5.02 Å². The lowest BCUT2D eigenvalue weighted by atomic mass is 10.1. The molecule has 0 saturated heterocycles. The fourth-order valence-corrected chi connectivity index (χ4v) is 2.97. The van der Waals surface area contributed by atoms with E-state index in [0.717, 1.165) is 36.6 Å². The lowest BCUT2D eigenvalue weighted by Gasteiger charge is -2.26. The van der Waals surface area contributed by atoms with Gasteiger partial charge in [-0.2, -0.15) is 0 Å². The van der Waals surface area contributed by atoms with E-state index < -0.39 is 0 Å². The molecule has 4 nitrogen and oxygen atoms in total. The van der Waals surface area contributed by atoms with Crippen LogP contribution < -0.4 is 5.32 Å². The van der Waals surface area contributed by atoms with E-state index in [0.29, 0.717) is 18.5 Å². The molecule has 1 unspecified atom stereocenters. The van der Waals surface area contributed by atoms with E-state index in [-0.39, 0.29) is 10.8 Å². The maximum atomic E-state index is 13.5. The van der Waals surface area contributed by atoms with E-state index in [1.807, 2.05) is 6.07 Å². The lowest BCUT2D eigenvalue weighted by molar-refractivity contribution is 0.370. The Morgan fingerprint density at radius 3 is 2.95 bits per heavy atom. The van der Waals surface area contributed by atoms with E-state index in [4.69, 9.17) is 11.6 Å². The maximum Gasteiger partial charge on any atom is 0.142 e. The molecule has 1 aromatic carbocycles. The summed E-state index contributed by atoms with van der Waals surface area (Å²) < 4.78 is 15.7. The van der Waals surface area contributed by atoms with Gasteiger partial charge in [-0.05, 0) is 24.1 Å². The molecule has 0 amide bonds. The van der Waals surface area contributed by atoms with Crippen molar-refractivity contribution in [3.05, 3.63) is 46.3 Å². The Bertz CT molecular complexity index is 668. The number of rotatable bonds is 4. The first-order valence-electron chi connectivity index (χ1n) is 7.64. The van der Waals surface area contributed by atoms with Gasteiger partial charge in [0.2, 0.25) is 0 Å². The summed E-state index contributed by atoms with van der Waals surface area (Å²) >= 11 is 5.71. The molecular formula is C16H20ClFN4. The minimum absolute atomic E-state index is 0.164. The van der Waals surface area contributed by atoms with Gasteiger partial charge in [-0.3, -0.25) is 0 Å². The van der Waals surface area contributed by atoms with Crippen molar-refractivity contribution in [1.82, 2.24) is 20.1 Å². The summed E-state index contributed by atoms with van der Waals surface area (Å²) in [5, 5.41) is 12.2. The lowest BCUT2D eigenvalue weighted by Crippen LogP contribution is -2.37. The molecule has 1 N–H and O–H groups in total. The number of hydrogen-bond acceptors (Lipinski definition) is 3. The highest BCUT2D eigenvalue weighted by Crippen LogP contribution is 2.21. The summed E-state index contributed by atoms with van der Waals surface area (Å²) in [5.74, 6) is 2.11. The first-order chi connectivity index (χ1) is 10.5. The smallest absolute Gasteiger partial charge is 0.142 e. The van der Waals surface area contributed by atoms with Gasteiger partial charge in [0.05, 0.1) is 5.02 Å². The molecule has 1 atom stereocenters. The van der Waals surface area contributed by atoms with Crippen molar-refractivity contribution in [1.29, 1.82) is 0 Å². The average Bonchev–Trinajstić information content (AvgIpc) is 2.91. The van der Waals surface area contributed by atoms with Gasteiger partial charge in [0.15, 0.2) is 0 Å². The van der Waals surface area contributed by atoms with Crippen LogP contribution in [0, 0.1) is 5.82 Å². The predicted molar refractivity (Wildman–Crippen MR) is 84.5 cm³/mol. The van der Waals surface area contributed by atoms with Crippen LogP contribution in [-0.4, -0.2) is 20.8 Å². The zero-order valence-corrected chi connectivity index (χ0v) is 13.6. The van der Waals surface area contributed by atoms with Crippen LogP contribution in [0.5, 0.6) is 0 Å². The summed E-state index contributed by atoms with van der Waals surface area (Å²) in [7, 11) is 0. The van der Waals surface area contributed by atoms with Crippen LogP contribution in [0.25, 0.3) is 0 Å². The predicted octanol–water partition coefficient (Wildman–Crippen LogP) is 3.30. The zero-order valence-electron chi connectivity index (χ0n) is 12.8. The van der Waals surface area contributed by atoms with Gasteiger partial charge < -0.3 is 9.88 Å². The topological polar surface area (TPSA) is 42.7 Å². The fraction of sp³-hybridized carbons (Fsp3) is 0.500. The average molecular weight is 323 g/mol. The van der Waals surface area contributed by atoms with Crippen LogP contribution in [0.1, 0.15) is 43.4 Å². The Kier molecular flexibility index (Phi) is 4.45. The second kappa shape index (κ2) is 6.34. The van der Waals surface area contributed by atoms with Crippen LogP contribution >= 0.6 is 11.6 Å². The Morgan fingerprint density at radius 1 is 1.41 bits per heavy atom. The number of nitrogens with zero attached hydrogens (tertiary/aromatic N) is 3. The standard InChI is InChI=1S/C16H20ClFN4/c1-10(2)16-21-20-15-6-4-12(9-22(15)16)19-8-11-3-5-13(17)14(18)7-11/h3,5,7,10,12,19H,4,6,8-9H2,1-2H3. The van der Waals surface area contributed by atoms with Crippen LogP contribution in [0.4, 0.5) is 4.39 Å². The number of fused-ring (bicyclic) bond motifs is 1. The number of aryl methyl sites for hydroxylation is 1. The van der Waals surface area contributed by atoms with E-state index in [1.54, 1.807) is 6.07 Å². The summed E-state index contributed by atoms with van der Waals surface area (Å²) in [6, 6.07) is 5.29. The van der Waals surface area contributed by atoms with Crippen molar-refractivity contribution >= 4 is 11.6 Å². The Hall–Kier alpha value is -1.46. The van der Waals surface area contributed by atoms with E-state index in [1.165, 1.54) is 6.07 Å². The molecule has 0 spiro atoms. The highest BCUT2D eigenvalue weighted by atomic mass is 35.5. The normalized spacial score (nSPS) is 17.8. The number of nitrogens with one attached hydrogen (secondary N) is 1. The van der Waals surface area contributed by atoms with Gasteiger partial charge in [0.1, 0.15) is 17.5 Å². The SMILES string of the molecule is CC(C)c1nnc2n1CC(NCc1ccc(Cl)c(F)c1)CC2. The molecule has 0 fully saturated rings. The minimum Gasteiger partial charge on any atom is -0.313 e. The first kappa shape index (κ1) is 15.4. The third-order valence-electron chi connectivity index (χ3n) is 4.07. The number of halogens is 2. The van der Waals surface area contributed by atoms with Crippen molar-refractivity contribution in [2.45, 2.75) is 51.7 Å². The molecule has 1 aliphatic heterocycles. The van der Waals surface area contributed by atoms with Crippen LogP contribution in [0.3, 0.4) is 0 Å². The van der Waals surface area contributed by atoms with E-state index in [9.17, 15) is 4.39 Å². The Labute approximate surface area is 134 Å². The molecule has 0 aliphatic carbocycles. The molecule has 118 valence electrons. The van der Waals surface area contributed by atoms with Crippen molar-refractivity contribution in [2.24, 2.45) is 0 Å². The van der Waals surface area contributed by atoms with Gasteiger partial charge in [0.25, 0.3) is 0 Å². The van der Waals surface area contributed by atoms with E-state index in [2.05, 4.69) is 33.9 Å². The number of aromatic nitrogens is 3. The third-order valence-corrected chi connectivity index (χ3v) is 4.38. The quantitative estimate of drug-likeness (QED) is 0.939. The van der Waals surface area contributed by atoms with Crippen molar-refractivity contribution in [3.63, 3.8) is 0 Å². The molecule has 6 heteroatoms. The van der Waals surface area contributed by atoms with Crippen molar-refractivity contribution in [2.75, 3.05) is 0 Å². The second-order valence-corrected chi connectivity index (χ2v) is 6.51. The molecule has 3 rings (SSSR count). The van der Waals surface area contributed by atoms with Crippen LogP contribution in [-0.2, 0) is 19.5 Å². The molecule has 0 saturated carbocycles. The monoisotopic (exact) mass is 322 g/mol. The van der Waals surface area contributed by atoms with Gasteiger partial charge >= 0.3 is 0 Å².